The first-order chi connectivity index (χ1) is 3.13. The summed E-state index contributed by atoms with van der Waals surface area (Å²) in [5.74, 6) is -0.0700. The third-order valence-electron chi connectivity index (χ3n) is 0.388. The van der Waals surface area contributed by atoms with Gasteiger partial charge in [0.15, 0.2) is 3.79 Å². The third-order valence-corrected chi connectivity index (χ3v) is 0.769. The van der Waals surface area contributed by atoms with E-state index in [9.17, 15) is 9.59 Å². The number of hydrogen-bond donors (Lipinski definition) is 0. The summed E-state index contributed by atoms with van der Waals surface area (Å²) >= 11 is 1.60. The highest BCUT2D eigenvalue weighted by Gasteiger charge is 1.96. The van der Waals surface area contributed by atoms with Crippen LogP contribution >= 0.6 is 22.6 Å². The van der Waals surface area contributed by atoms with E-state index in [0.717, 1.165) is 0 Å². The van der Waals surface area contributed by atoms with E-state index in [1.807, 2.05) is 0 Å². The van der Waals surface area contributed by atoms with Crippen molar-refractivity contribution in [1.29, 1.82) is 0 Å². The molecule has 0 bridgehead atoms. The van der Waals surface area contributed by atoms with Gasteiger partial charge in [-0.15, -0.1) is 0 Å². The first-order valence-corrected chi connectivity index (χ1v) is 2.88. The van der Waals surface area contributed by atoms with Crippen LogP contribution in [0, 0.1) is 0 Å². The fourth-order valence-corrected chi connectivity index (χ4v) is 0.733. The van der Waals surface area contributed by atoms with Gasteiger partial charge in [0.2, 0.25) is 0 Å². The Kier molecular flexibility index (Phi) is 3.15. The molecule has 0 unspecified atom stereocenters. The van der Waals surface area contributed by atoms with Gasteiger partial charge in [-0.1, -0.05) is 0 Å². The molecule has 0 aliphatic carbocycles. The van der Waals surface area contributed by atoms with E-state index in [1.165, 1.54) is 6.92 Å². The number of rotatable bonds is 2. The van der Waals surface area contributed by atoms with Crippen molar-refractivity contribution in [3.05, 3.63) is 0 Å². The van der Waals surface area contributed by atoms with Crippen molar-refractivity contribution in [1.82, 2.24) is 0 Å². The molecule has 0 saturated heterocycles. The fourth-order valence-electron chi connectivity index (χ4n) is 0.196. The SMILES string of the molecule is CC(=O)CC(=O)I. The van der Waals surface area contributed by atoms with E-state index in [1.54, 1.807) is 22.6 Å². The van der Waals surface area contributed by atoms with Crippen molar-refractivity contribution in [2.45, 2.75) is 13.3 Å². The van der Waals surface area contributed by atoms with Crippen molar-refractivity contribution in [2.75, 3.05) is 0 Å². The summed E-state index contributed by atoms with van der Waals surface area (Å²) < 4.78 is -0.0925. The number of carbonyl (C=O) groups is 2. The van der Waals surface area contributed by atoms with E-state index >= 15 is 0 Å². The Hall–Kier alpha value is 0.0700. The second-order valence-electron chi connectivity index (χ2n) is 1.23. The minimum atomic E-state index is -0.0925. The predicted octanol–water partition coefficient (Wildman–Crippen LogP) is 0.927. The lowest BCUT2D eigenvalue weighted by Gasteiger charge is -1.79. The van der Waals surface area contributed by atoms with Crippen molar-refractivity contribution >= 4 is 32.2 Å². The lowest BCUT2D eigenvalue weighted by Crippen LogP contribution is -1.94. The van der Waals surface area contributed by atoms with E-state index < -0.39 is 0 Å². The lowest BCUT2D eigenvalue weighted by atomic mass is 10.3. The highest BCUT2D eigenvalue weighted by molar-refractivity contribution is 14.1. The van der Waals surface area contributed by atoms with Crippen LogP contribution in [0.1, 0.15) is 13.3 Å². The molecule has 0 radical (unpaired) electrons. The minimum absolute atomic E-state index is 0.0700. The van der Waals surface area contributed by atoms with Gasteiger partial charge in [-0.25, -0.2) is 0 Å². The molecule has 0 aromatic heterocycles. The molecule has 0 aliphatic rings. The third kappa shape index (κ3) is 6.07. The van der Waals surface area contributed by atoms with Gasteiger partial charge in [0.1, 0.15) is 5.78 Å². The van der Waals surface area contributed by atoms with Gasteiger partial charge in [-0.3, -0.25) is 9.59 Å². The van der Waals surface area contributed by atoms with Crippen LogP contribution < -0.4 is 0 Å². The zero-order valence-corrected chi connectivity index (χ0v) is 6.06. The average Bonchev–Trinajstić information content (AvgIpc) is 1.27. The van der Waals surface area contributed by atoms with Crippen molar-refractivity contribution in [2.24, 2.45) is 0 Å². The molecular formula is C4H5IO2. The minimum Gasteiger partial charge on any atom is -0.300 e. The van der Waals surface area contributed by atoms with Crippen LogP contribution in [0.4, 0.5) is 0 Å². The highest BCUT2D eigenvalue weighted by atomic mass is 127. The van der Waals surface area contributed by atoms with Crippen molar-refractivity contribution in [3.63, 3.8) is 0 Å². The standard InChI is InChI=1S/C4H5IO2/c1-3(6)2-4(5)7/h2H2,1H3. The molecule has 0 saturated carbocycles. The van der Waals surface area contributed by atoms with E-state index in [-0.39, 0.29) is 16.0 Å². The van der Waals surface area contributed by atoms with E-state index in [0.29, 0.717) is 0 Å². The zero-order chi connectivity index (χ0) is 5.86. The Balaban J connectivity index is 3.32. The number of carbonyl (C=O) groups excluding carboxylic acids is 2. The van der Waals surface area contributed by atoms with Crippen LogP contribution in [-0.2, 0) is 9.59 Å². The Morgan fingerprint density at radius 2 is 2.00 bits per heavy atom. The van der Waals surface area contributed by atoms with Gasteiger partial charge < -0.3 is 0 Å². The summed E-state index contributed by atoms with van der Waals surface area (Å²) in [5.41, 5.74) is 0. The van der Waals surface area contributed by atoms with Crippen LogP contribution in [0.25, 0.3) is 0 Å². The van der Waals surface area contributed by atoms with Crippen LogP contribution in [0.5, 0.6) is 0 Å². The Bertz CT molecular complexity index is 85.9. The molecule has 0 N–H and O–H groups in total. The topological polar surface area (TPSA) is 34.1 Å². The second kappa shape index (κ2) is 3.12. The smallest absolute Gasteiger partial charge is 0.199 e. The van der Waals surface area contributed by atoms with Crippen molar-refractivity contribution < 1.29 is 9.59 Å². The van der Waals surface area contributed by atoms with Gasteiger partial charge in [-0.2, -0.15) is 0 Å². The maximum atomic E-state index is 10.0. The summed E-state index contributed by atoms with van der Waals surface area (Å²) in [7, 11) is 0. The number of hydrogen-bond acceptors (Lipinski definition) is 2. The molecule has 0 heterocycles. The van der Waals surface area contributed by atoms with Crippen LogP contribution in [0.2, 0.25) is 0 Å². The van der Waals surface area contributed by atoms with E-state index in [2.05, 4.69) is 0 Å². The first kappa shape index (κ1) is 7.07. The second-order valence-corrected chi connectivity index (χ2v) is 2.44. The number of halogens is 1. The fraction of sp³-hybridized carbons (Fsp3) is 0.500. The molecule has 40 valence electrons. The first-order valence-electron chi connectivity index (χ1n) is 1.80. The predicted molar refractivity (Wildman–Crippen MR) is 34.3 cm³/mol. The quantitative estimate of drug-likeness (QED) is 0.387. The monoisotopic (exact) mass is 212 g/mol. The van der Waals surface area contributed by atoms with Gasteiger partial charge in [0, 0.05) is 22.6 Å². The highest BCUT2D eigenvalue weighted by Crippen LogP contribution is 1.91. The van der Waals surface area contributed by atoms with Gasteiger partial charge in [-0.05, 0) is 6.92 Å². The van der Waals surface area contributed by atoms with Gasteiger partial charge in [0.25, 0.3) is 0 Å². The Morgan fingerprint density at radius 1 is 1.57 bits per heavy atom. The summed E-state index contributed by atoms with van der Waals surface area (Å²) in [6.45, 7) is 1.40. The van der Waals surface area contributed by atoms with Crippen molar-refractivity contribution in [3.8, 4) is 0 Å². The van der Waals surface area contributed by atoms with Gasteiger partial charge in [0.05, 0.1) is 6.42 Å². The molecule has 0 rings (SSSR count). The summed E-state index contributed by atoms with van der Waals surface area (Å²) in [4.78, 5) is 20.0. The molecule has 0 amide bonds. The molecule has 0 aromatic carbocycles. The molecular weight excluding hydrogens is 207 g/mol. The molecule has 0 aromatic rings. The van der Waals surface area contributed by atoms with Crippen LogP contribution in [-0.4, -0.2) is 9.57 Å². The molecule has 0 atom stereocenters. The summed E-state index contributed by atoms with van der Waals surface area (Å²) in [5, 5.41) is 0. The largest absolute Gasteiger partial charge is 0.300 e. The van der Waals surface area contributed by atoms with Crippen LogP contribution in [0.15, 0.2) is 0 Å². The number of Topliss-reactive ketones (excluding diaryl/α,β-unsaturated/α-hetero) is 1. The zero-order valence-electron chi connectivity index (χ0n) is 3.90. The van der Waals surface area contributed by atoms with Gasteiger partial charge >= 0.3 is 0 Å². The Labute approximate surface area is 55.4 Å². The molecule has 0 fully saturated rings. The molecule has 2 nitrogen and oxygen atoms in total. The van der Waals surface area contributed by atoms with E-state index in [4.69, 9.17) is 0 Å². The lowest BCUT2D eigenvalue weighted by molar-refractivity contribution is -0.121. The molecule has 0 aliphatic heterocycles. The summed E-state index contributed by atoms with van der Waals surface area (Å²) in [6, 6.07) is 0. The molecule has 3 heteroatoms. The number of ketones is 1. The Morgan fingerprint density at radius 3 is 2.00 bits per heavy atom. The maximum Gasteiger partial charge on any atom is 0.199 e. The molecule has 0 spiro atoms. The summed E-state index contributed by atoms with van der Waals surface area (Å²) in [6.07, 6.45) is 0.0700. The average molecular weight is 212 g/mol. The normalized spacial score (nSPS) is 8.29. The molecule has 7 heavy (non-hydrogen) atoms. The van der Waals surface area contributed by atoms with Crippen LogP contribution in [0.3, 0.4) is 0 Å². The maximum absolute atomic E-state index is 10.0.